The molecule has 2 aromatic rings. The van der Waals surface area contributed by atoms with Crippen molar-refractivity contribution in [1.82, 2.24) is 9.38 Å². The first-order chi connectivity index (χ1) is 9.05. The molecule has 0 unspecified atom stereocenters. The first-order valence-electron chi connectivity index (χ1n) is 6.28. The number of pyridine rings is 1. The molecular formula is C14H13F3N2. The normalized spacial score (nSPS) is 16.7. The van der Waals surface area contributed by atoms with Crippen molar-refractivity contribution >= 4 is 11.1 Å². The summed E-state index contributed by atoms with van der Waals surface area (Å²) in [4.78, 5) is 3.95. The van der Waals surface area contributed by atoms with Gasteiger partial charge in [-0.2, -0.15) is 13.2 Å². The molecule has 100 valence electrons. The zero-order valence-corrected chi connectivity index (χ0v) is 10.2. The van der Waals surface area contributed by atoms with Gasteiger partial charge in [-0.25, -0.2) is 4.98 Å². The molecule has 0 radical (unpaired) electrons. The van der Waals surface area contributed by atoms with Crippen LogP contribution in [0.5, 0.6) is 0 Å². The average molecular weight is 266 g/mol. The van der Waals surface area contributed by atoms with Gasteiger partial charge in [-0.15, -0.1) is 0 Å². The van der Waals surface area contributed by atoms with Gasteiger partial charge in [0.1, 0.15) is 0 Å². The number of rotatable bonds is 1. The summed E-state index contributed by atoms with van der Waals surface area (Å²) < 4.78 is 40.2. The minimum Gasteiger partial charge on any atom is -0.305 e. The van der Waals surface area contributed by atoms with Gasteiger partial charge in [0.25, 0.3) is 0 Å². The van der Waals surface area contributed by atoms with Gasteiger partial charge >= 0.3 is 6.18 Å². The summed E-state index contributed by atoms with van der Waals surface area (Å²) in [5, 5.41) is 0. The van der Waals surface area contributed by atoms with E-state index >= 15 is 0 Å². The molecule has 0 saturated heterocycles. The third-order valence-corrected chi connectivity index (χ3v) is 3.48. The first-order valence-corrected chi connectivity index (χ1v) is 6.28. The average Bonchev–Trinajstić information content (AvgIpc) is 2.85. The van der Waals surface area contributed by atoms with Gasteiger partial charge in [0.2, 0.25) is 0 Å². The third kappa shape index (κ3) is 2.25. The number of hydrogen-bond donors (Lipinski definition) is 0. The standard InChI is InChI=1S/C14H13F3N2/c15-14(16,17)11-6-12(10-4-2-1-3-5-10)13-7-18-9-19(13)8-11/h4,6-9H,1-3,5H2. The predicted octanol–water partition coefficient (Wildman–Crippen LogP) is 4.31. The third-order valence-electron chi connectivity index (χ3n) is 3.48. The predicted molar refractivity (Wildman–Crippen MR) is 66.6 cm³/mol. The SMILES string of the molecule is FC(F)(F)c1cc(C2=CCCCC2)c2cncn2c1. The lowest BCUT2D eigenvalue weighted by Gasteiger charge is -2.16. The van der Waals surface area contributed by atoms with Crippen LogP contribution in [-0.4, -0.2) is 9.38 Å². The van der Waals surface area contributed by atoms with E-state index in [0.717, 1.165) is 43.0 Å². The van der Waals surface area contributed by atoms with Gasteiger partial charge in [0.15, 0.2) is 0 Å². The van der Waals surface area contributed by atoms with Gasteiger partial charge in [0, 0.05) is 11.8 Å². The highest BCUT2D eigenvalue weighted by atomic mass is 19.4. The Balaban J connectivity index is 2.21. The largest absolute Gasteiger partial charge is 0.417 e. The molecule has 0 atom stereocenters. The van der Waals surface area contributed by atoms with Crippen molar-refractivity contribution in [3.05, 3.63) is 42.0 Å². The monoisotopic (exact) mass is 266 g/mol. The number of hydrogen-bond acceptors (Lipinski definition) is 1. The summed E-state index contributed by atoms with van der Waals surface area (Å²) in [6, 6.07) is 1.24. The quantitative estimate of drug-likeness (QED) is 0.751. The Hall–Kier alpha value is -1.78. The molecule has 1 aliphatic carbocycles. The van der Waals surface area contributed by atoms with E-state index in [1.165, 1.54) is 16.8 Å². The van der Waals surface area contributed by atoms with Crippen LogP contribution in [0.1, 0.15) is 36.8 Å². The lowest BCUT2D eigenvalue weighted by Crippen LogP contribution is -2.08. The molecule has 0 saturated carbocycles. The van der Waals surface area contributed by atoms with E-state index in [0.29, 0.717) is 5.56 Å². The van der Waals surface area contributed by atoms with E-state index in [1.54, 1.807) is 6.20 Å². The van der Waals surface area contributed by atoms with Crippen LogP contribution in [0.3, 0.4) is 0 Å². The molecule has 0 amide bonds. The van der Waals surface area contributed by atoms with Crippen LogP contribution < -0.4 is 0 Å². The number of alkyl halides is 3. The first kappa shape index (κ1) is 12.3. The summed E-state index contributed by atoms with van der Waals surface area (Å²) in [5.74, 6) is 0. The smallest absolute Gasteiger partial charge is 0.305 e. The maximum Gasteiger partial charge on any atom is 0.417 e. The fraction of sp³-hybridized carbons (Fsp3) is 0.357. The second kappa shape index (κ2) is 4.40. The molecule has 1 aliphatic rings. The van der Waals surface area contributed by atoms with E-state index in [4.69, 9.17) is 0 Å². The molecule has 0 aromatic carbocycles. The van der Waals surface area contributed by atoms with Crippen LogP contribution >= 0.6 is 0 Å². The number of allylic oxidation sites excluding steroid dienone is 2. The van der Waals surface area contributed by atoms with Gasteiger partial charge in [-0.05, 0) is 37.3 Å². The van der Waals surface area contributed by atoms with E-state index in [9.17, 15) is 13.2 Å². The molecule has 3 rings (SSSR count). The Morgan fingerprint density at radius 1 is 1.21 bits per heavy atom. The van der Waals surface area contributed by atoms with Crippen molar-refractivity contribution in [2.75, 3.05) is 0 Å². The Labute approximate surface area is 108 Å². The van der Waals surface area contributed by atoms with E-state index in [1.807, 2.05) is 6.08 Å². The maximum absolute atomic E-state index is 12.9. The number of aromatic nitrogens is 2. The van der Waals surface area contributed by atoms with Crippen molar-refractivity contribution in [2.45, 2.75) is 31.9 Å². The molecule has 2 nitrogen and oxygen atoms in total. The van der Waals surface area contributed by atoms with Crippen molar-refractivity contribution in [3.63, 3.8) is 0 Å². The highest BCUT2D eigenvalue weighted by molar-refractivity contribution is 5.78. The van der Waals surface area contributed by atoms with Crippen molar-refractivity contribution in [1.29, 1.82) is 0 Å². The zero-order valence-electron chi connectivity index (χ0n) is 10.2. The van der Waals surface area contributed by atoms with Crippen molar-refractivity contribution < 1.29 is 13.2 Å². The number of imidazole rings is 1. The lowest BCUT2D eigenvalue weighted by molar-refractivity contribution is -0.137. The van der Waals surface area contributed by atoms with E-state index in [-0.39, 0.29) is 0 Å². The number of fused-ring (bicyclic) bond motifs is 1. The zero-order chi connectivity index (χ0) is 13.5. The maximum atomic E-state index is 12.9. The molecule has 0 N–H and O–H groups in total. The molecule has 0 spiro atoms. The molecule has 2 heterocycles. The highest BCUT2D eigenvalue weighted by Crippen LogP contribution is 2.35. The lowest BCUT2D eigenvalue weighted by atomic mass is 9.93. The summed E-state index contributed by atoms with van der Waals surface area (Å²) in [5.41, 5.74) is 1.77. The molecule has 0 bridgehead atoms. The van der Waals surface area contributed by atoms with Crippen LogP contribution in [0.2, 0.25) is 0 Å². The summed E-state index contributed by atoms with van der Waals surface area (Å²) in [7, 11) is 0. The number of halogens is 3. The molecule has 2 aromatic heterocycles. The Kier molecular flexibility index (Phi) is 2.84. The second-order valence-electron chi connectivity index (χ2n) is 4.80. The fourth-order valence-corrected chi connectivity index (χ4v) is 2.53. The number of nitrogens with zero attached hydrogens (tertiary/aromatic N) is 2. The molecule has 0 aliphatic heterocycles. The van der Waals surface area contributed by atoms with Crippen LogP contribution in [-0.2, 0) is 6.18 Å². The van der Waals surface area contributed by atoms with Crippen LogP contribution in [0.25, 0.3) is 11.1 Å². The van der Waals surface area contributed by atoms with Crippen molar-refractivity contribution in [2.24, 2.45) is 0 Å². The second-order valence-corrected chi connectivity index (χ2v) is 4.80. The fourth-order valence-electron chi connectivity index (χ4n) is 2.53. The molecule has 19 heavy (non-hydrogen) atoms. The van der Waals surface area contributed by atoms with Crippen LogP contribution in [0.15, 0.2) is 30.9 Å². The molecular weight excluding hydrogens is 253 g/mol. The summed E-state index contributed by atoms with van der Waals surface area (Å²) in [6.07, 6.45) is 5.75. The van der Waals surface area contributed by atoms with Gasteiger partial charge in [-0.1, -0.05) is 6.08 Å². The van der Waals surface area contributed by atoms with Gasteiger partial charge in [-0.3, -0.25) is 0 Å². The Bertz CT molecular complexity index is 638. The van der Waals surface area contributed by atoms with Gasteiger partial charge in [0.05, 0.1) is 23.6 Å². The van der Waals surface area contributed by atoms with E-state index < -0.39 is 11.7 Å². The Morgan fingerprint density at radius 2 is 2.05 bits per heavy atom. The summed E-state index contributed by atoms with van der Waals surface area (Å²) in [6.45, 7) is 0. The highest BCUT2D eigenvalue weighted by Gasteiger charge is 2.32. The van der Waals surface area contributed by atoms with Crippen molar-refractivity contribution in [3.8, 4) is 0 Å². The Morgan fingerprint density at radius 3 is 2.74 bits per heavy atom. The topological polar surface area (TPSA) is 17.3 Å². The molecule has 5 heteroatoms. The van der Waals surface area contributed by atoms with E-state index in [2.05, 4.69) is 4.98 Å². The summed E-state index contributed by atoms with van der Waals surface area (Å²) >= 11 is 0. The van der Waals surface area contributed by atoms with Gasteiger partial charge < -0.3 is 4.40 Å². The minimum atomic E-state index is -4.33. The van der Waals surface area contributed by atoms with Crippen LogP contribution in [0.4, 0.5) is 13.2 Å². The van der Waals surface area contributed by atoms with Crippen LogP contribution in [0, 0.1) is 0 Å². The minimum absolute atomic E-state index is 0.625. The molecule has 0 fully saturated rings.